The molecule has 0 saturated heterocycles. The van der Waals surface area contributed by atoms with Crippen LogP contribution in [0, 0.1) is 6.92 Å². The molecule has 1 amide bonds. The molecule has 3 rings (SSSR count). The van der Waals surface area contributed by atoms with Crippen LogP contribution in [0.2, 0.25) is 0 Å². The fourth-order valence-electron chi connectivity index (χ4n) is 2.69. The largest absolute Gasteiger partial charge is 0.338 e. The third kappa shape index (κ3) is 4.63. The standard InChI is InChI=1S/C20H23N3OS/c1-3-12-23(13-16-10-8-15(2)9-11-16)19(24)14-25-20-21-17-6-4-5-7-18(17)22-20/h4-11H,3,12-14H2,1-2H3,(H,21,22). The van der Waals surface area contributed by atoms with Crippen LogP contribution >= 0.6 is 11.8 Å². The first-order valence-corrected chi connectivity index (χ1v) is 9.55. The van der Waals surface area contributed by atoms with E-state index in [1.54, 1.807) is 0 Å². The van der Waals surface area contributed by atoms with Crippen molar-refractivity contribution >= 4 is 28.7 Å². The van der Waals surface area contributed by atoms with Crippen LogP contribution in [0.15, 0.2) is 53.7 Å². The summed E-state index contributed by atoms with van der Waals surface area (Å²) in [6, 6.07) is 16.3. The molecule has 0 atom stereocenters. The molecule has 4 nitrogen and oxygen atoms in total. The van der Waals surface area contributed by atoms with Gasteiger partial charge in [0.2, 0.25) is 5.91 Å². The lowest BCUT2D eigenvalue weighted by atomic mass is 10.1. The van der Waals surface area contributed by atoms with Crippen molar-refractivity contribution in [1.29, 1.82) is 0 Å². The summed E-state index contributed by atoms with van der Waals surface area (Å²) >= 11 is 1.46. The van der Waals surface area contributed by atoms with Crippen molar-refractivity contribution in [3.8, 4) is 0 Å². The van der Waals surface area contributed by atoms with E-state index in [-0.39, 0.29) is 5.91 Å². The quantitative estimate of drug-likeness (QED) is 0.640. The second kappa shape index (κ2) is 8.21. The monoisotopic (exact) mass is 353 g/mol. The molecule has 5 heteroatoms. The zero-order valence-electron chi connectivity index (χ0n) is 14.7. The molecular weight excluding hydrogens is 330 g/mol. The van der Waals surface area contributed by atoms with Crippen LogP contribution in [-0.4, -0.2) is 33.1 Å². The summed E-state index contributed by atoms with van der Waals surface area (Å²) in [5.74, 6) is 0.541. The second-order valence-corrected chi connectivity index (χ2v) is 7.11. The molecule has 25 heavy (non-hydrogen) atoms. The molecule has 2 aromatic carbocycles. The third-order valence-corrected chi connectivity index (χ3v) is 4.90. The van der Waals surface area contributed by atoms with Crippen LogP contribution in [0.5, 0.6) is 0 Å². The summed E-state index contributed by atoms with van der Waals surface area (Å²) < 4.78 is 0. The van der Waals surface area contributed by atoms with Crippen LogP contribution in [-0.2, 0) is 11.3 Å². The van der Waals surface area contributed by atoms with Crippen LogP contribution in [0.3, 0.4) is 0 Å². The number of carbonyl (C=O) groups is 1. The Balaban J connectivity index is 1.62. The molecule has 1 N–H and O–H groups in total. The summed E-state index contributed by atoms with van der Waals surface area (Å²) in [6.07, 6.45) is 0.951. The minimum Gasteiger partial charge on any atom is -0.338 e. The van der Waals surface area contributed by atoms with Crippen molar-refractivity contribution in [2.24, 2.45) is 0 Å². The minimum absolute atomic E-state index is 0.146. The third-order valence-electron chi connectivity index (χ3n) is 4.04. The van der Waals surface area contributed by atoms with Crippen LogP contribution in [0.4, 0.5) is 0 Å². The predicted octanol–water partition coefficient (Wildman–Crippen LogP) is 4.40. The SMILES string of the molecule is CCCN(Cc1ccc(C)cc1)C(=O)CSc1nc2ccccc2[nH]1. The van der Waals surface area contributed by atoms with Gasteiger partial charge in [-0.05, 0) is 31.0 Å². The van der Waals surface area contributed by atoms with Gasteiger partial charge in [-0.3, -0.25) is 4.79 Å². The minimum atomic E-state index is 0.146. The van der Waals surface area contributed by atoms with E-state index in [9.17, 15) is 4.79 Å². The van der Waals surface area contributed by atoms with E-state index in [2.05, 4.69) is 48.1 Å². The molecule has 0 aliphatic carbocycles. The first kappa shape index (κ1) is 17.5. The number of thioether (sulfide) groups is 1. The van der Waals surface area contributed by atoms with E-state index >= 15 is 0 Å². The molecule has 0 fully saturated rings. The normalized spacial score (nSPS) is 11.0. The molecule has 0 spiro atoms. The van der Waals surface area contributed by atoms with Gasteiger partial charge in [0, 0.05) is 13.1 Å². The van der Waals surface area contributed by atoms with Crippen molar-refractivity contribution in [1.82, 2.24) is 14.9 Å². The van der Waals surface area contributed by atoms with E-state index < -0.39 is 0 Å². The number of aryl methyl sites for hydroxylation is 1. The lowest BCUT2D eigenvalue weighted by Crippen LogP contribution is -2.32. The Morgan fingerprint density at radius 1 is 1.16 bits per heavy atom. The van der Waals surface area contributed by atoms with Crippen molar-refractivity contribution in [3.05, 3.63) is 59.7 Å². The van der Waals surface area contributed by atoms with Crippen molar-refractivity contribution in [2.75, 3.05) is 12.3 Å². The number of nitrogens with zero attached hydrogens (tertiary/aromatic N) is 2. The molecule has 0 aliphatic rings. The van der Waals surface area contributed by atoms with Gasteiger partial charge in [0.25, 0.3) is 0 Å². The number of fused-ring (bicyclic) bond motifs is 1. The second-order valence-electron chi connectivity index (χ2n) is 6.15. The molecule has 0 radical (unpaired) electrons. The first-order chi connectivity index (χ1) is 12.2. The summed E-state index contributed by atoms with van der Waals surface area (Å²) in [7, 11) is 0. The van der Waals surface area contributed by atoms with Crippen LogP contribution in [0.1, 0.15) is 24.5 Å². The van der Waals surface area contributed by atoms with Gasteiger partial charge >= 0.3 is 0 Å². The number of rotatable bonds is 7. The van der Waals surface area contributed by atoms with Gasteiger partial charge < -0.3 is 9.88 Å². The van der Waals surface area contributed by atoms with Gasteiger partial charge in [-0.2, -0.15) is 0 Å². The molecule has 0 saturated carbocycles. The maximum atomic E-state index is 12.7. The molecule has 130 valence electrons. The highest BCUT2D eigenvalue weighted by atomic mass is 32.2. The zero-order valence-corrected chi connectivity index (χ0v) is 15.5. The van der Waals surface area contributed by atoms with E-state index in [1.165, 1.54) is 22.9 Å². The smallest absolute Gasteiger partial charge is 0.233 e. The predicted molar refractivity (Wildman–Crippen MR) is 104 cm³/mol. The molecule has 0 bridgehead atoms. The van der Waals surface area contributed by atoms with Crippen LogP contribution in [0.25, 0.3) is 11.0 Å². The van der Waals surface area contributed by atoms with E-state index in [1.807, 2.05) is 29.2 Å². The molecule has 1 heterocycles. The Bertz CT molecular complexity index is 809. The lowest BCUT2D eigenvalue weighted by Gasteiger charge is -2.22. The molecule has 1 aromatic heterocycles. The van der Waals surface area contributed by atoms with E-state index in [0.29, 0.717) is 12.3 Å². The Hall–Kier alpha value is -2.27. The Morgan fingerprint density at radius 3 is 2.64 bits per heavy atom. The number of amides is 1. The summed E-state index contributed by atoms with van der Waals surface area (Å²) in [5.41, 5.74) is 4.34. The average Bonchev–Trinajstić information content (AvgIpc) is 3.04. The molecule has 3 aromatic rings. The number of nitrogens with one attached hydrogen (secondary N) is 1. The van der Waals surface area contributed by atoms with Gasteiger partial charge in [-0.25, -0.2) is 4.98 Å². The van der Waals surface area contributed by atoms with Gasteiger partial charge in [-0.15, -0.1) is 0 Å². The topological polar surface area (TPSA) is 49.0 Å². The van der Waals surface area contributed by atoms with Crippen molar-refractivity contribution in [3.63, 3.8) is 0 Å². The Kier molecular flexibility index (Phi) is 5.76. The highest BCUT2D eigenvalue weighted by molar-refractivity contribution is 7.99. The first-order valence-electron chi connectivity index (χ1n) is 8.56. The van der Waals surface area contributed by atoms with E-state index in [4.69, 9.17) is 0 Å². The van der Waals surface area contributed by atoms with Gasteiger partial charge in [0.1, 0.15) is 0 Å². The molecule has 0 aliphatic heterocycles. The maximum Gasteiger partial charge on any atom is 0.233 e. The average molecular weight is 353 g/mol. The Labute approximate surface area is 152 Å². The van der Waals surface area contributed by atoms with Crippen molar-refractivity contribution in [2.45, 2.75) is 32.0 Å². The maximum absolute atomic E-state index is 12.7. The van der Waals surface area contributed by atoms with Crippen LogP contribution < -0.4 is 0 Å². The molecule has 0 unspecified atom stereocenters. The van der Waals surface area contributed by atoms with Gasteiger partial charge in [-0.1, -0.05) is 60.6 Å². The fraction of sp³-hybridized carbons (Fsp3) is 0.300. The number of hydrogen-bond donors (Lipinski definition) is 1. The number of para-hydroxylation sites is 2. The number of hydrogen-bond acceptors (Lipinski definition) is 3. The fourth-order valence-corrected chi connectivity index (χ4v) is 3.48. The highest BCUT2D eigenvalue weighted by Gasteiger charge is 2.14. The summed E-state index contributed by atoms with van der Waals surface area (Å²) in [4.78, 5) is 22.4. The Morgan fingerprint density at radius 2 is 1.92 bits per heavy atom. The summed E-state index contributed by atoms with van der Waals surface area (Å²) in [6.45, 7) is 5.60. The number of aromatic amines is 1. The lowest BCUT2D eigenvalue weighted by molar-refractivity contribution is -0.129. The van der Waals surface area contributed by atoms with Gasteiger partial charge in [0.05, 0.1) is 16.8 Å². The number of imidazole rings is 1. The highest BCUT2D eigenvalue weighted by Crippen LogP contribution is 2.20. The molecular formula is C20H23N3OS. The summed E-state index contributed by atoms with van der Waals surface area (Å²) in [5, 5.41) is 0.793. The van der Waals surface area contributed by atoms with Gasteiger partial charge in [0.15, 0.2) is 5.16 Å². The van der Waals surface area contributed by atoms with Crippen molar-refractivity contribution < 1.29 is 4.79 Å². The number of carbonyl (C=O) groups excluding carboxylic acids is 1. The number of benzene rings is 2. The van der Waals surface area contributed by atoms with E-state index in [0.717, 1.165) is 29.2 Å². The number of aromatic nitrogens is 2. The number of H-pyrrole nitrogens is 1. The zero-order chi connectivity index (χ0) is 17.6.